The van der Waals surface area contributed by atoms with Crippen molar-refractivity contribution >= 4 is 17.2 Å². The van der Waals surface area contributed by atoms with E-state index in [-0.39, 0.29) is 5.01 Å². The second-order valence-electron chi connectivity index (χ2n) is 1.83. The van der Waals surface area contributed by atoms with Crippen molar-refractivity contribution in [3.8, 4) is 0 Å². The molecule has 0 aromatic carbocycles. The highest BCUT2D eigenvalue weighted by molar-refractivity contribution is 7.11. The molecule has 0 spiro atoms. The van der Waals surface area contributed by atoms with E-state index >= 15 is 0 Å². The van der Waals surface area contributed by atoms with Crippen LogP contribution in [0.5, 0.6) is 0 Å². The van der Waals surface area contributed by atoms with Crippen molar-refractivity contribution in [2.45, 2.75) is 6.92 Å². The fourth-order valence-corrected chi connectivity index (χ4v) is 1.23. The van der Waals surface area contributed by atoms with Crippen LogP contribution in [0.3, 0.4) is 0 Å². The summed E-state index contributed by atoms with van der Waals surface area (Å²) < 4.78 is 23.1. The summed E-state index contributed by atoms with van der Waals surface area (Å²) in [5.41, 5.74) is 0.570. The van der Waals surface area contributed by atoms with Crippen LogP contribution in [0.15, 0.2) is 5.38 Å². The van der Waals surface area contributed by atoms with Crippen molar-refractivity contribution in [2.75, 3.05) is 0 Å². The van der Waals surface area contributed by atoms with E-state index in [1.54, 1.807) is 6.92 Å². The molecule has 0 bridgehead atoms. The normalized spacial score (nSPS) is 9.73. The summed E-state index contributed by atoms with van der Waals surface area (Å²) in [5.74, 6) is -1.36. The maximum absolute atomic E-state index is 11.6. The van der Waals surface area contributed by atoms with Gasteiger partial charge in [-0.15, -0.1) is 11.3 Å². The van der Waals surface area contributed by atoms with Crippen molar-refractivity contribution in [2.24, 2.45) is 0 Å². The van der Waals surface area contributed by atoms with Gasteiger partial charge in [0.1, 0.15) is 0 Å². The van der Waals surface area contributed by atoms with Gasteiger partial charge in [0, 0.05) is 16.4 Å². The van der Waals surface area contributed by atoms with Gasteiger partial charge >= 0.3 is 5.91 Å². The molecule has 60 valence electrons. The van der Waals surface area contributed by atoms with Crippen LogP contribution in [0.4, 0.5) is 8.96 Å². The molecular weight excluding hydrogens is 174 g/mol. The molecule has 0 N–H and O–H groups in total. The molecule has 0 aliphatic carbocycles. The molecule has 0 atom stereocenters. The highest BCUT2D eigenvalue weighted by Crippen LogP contribution is 2.11. The van der Waals surface area contributed by atoms with Gasteiger partial charge in [-0.05, 0) is 6.92 Å². The van der Waals surface area contributed by atoms with Crippen molar-refractivity contribution in [1.82, 2.24) is 10.3 Å². The second kappa shape index (κ2) is 2.91. The number of halogens is 2. The number of aromatic nitrogens is 1. The molecule has 0 unspecified atom stereocenters. The number of carbonyl (C=O) groups is 1. The summed E-state index contributed by atoms with van der Waals surface area (Å²) in [6.07, 6.45) is 0. The standard InChI is InChI=1S/C5H4F2N2OS/c1-3-2-11-4(8-3)5(10)9(6)7/h2H,1H3. The van der Waals surface area contributed by atoms with Gasteiger partial charge in [0.05, 0.1) is 0 Å². The third kappa shape index (κ3) is 1.70. The minimum Gasteiger partial charge on any atom is -0.261 e. The first-order chi connectivity index (χ1) is 5.11. The smallest absolute Gasteiger partial charge is 0.261 e. The monoisotopic (exact) mass is 178 g/mol. The molecule has 0 fully saturated rings. The van der Waals surface area contributed by atoms with Gasteiger partial charge in [0.25, 0.3) is 0 Å². The molecular formula is C5H4F2N2OS. The van der Waals surface area contributed by atoms with Crippen molar-refractivity contribution in [1.29, 1.82) is 0 Å². The zero-order valence-corrected chi connectivity index (χ0v) is 6.36. The molecule has 0 saturated carbocycles. The lowest BCUT2D eigenvalue weighted by atomic mass is 10.6. The largest absolute Gasteiger partial charge is 0.342 e. The Labute approximate surface area is 65.1 Å². The van der Waals surface area contributed by atoms with Gasteiger partial charge in [-0.25, -0.2) is 4.98 Å². The van der Waals surface area contributed by atoms with Gasteiger partial charge in [0.2, 0.25) is 0 Å². The van der Waals surface area contributed by atoms with Gasteiger partial charge in [-0.3, -0.25) is 4.79 Å². The highest BCUT2D eigenvalue weighted by atomic mass is 32.1. The molecule has 3 nitrogen and oxygen atoms in total. The summed E-state index contributed by atoms with van der Waals surface area (Å²) in [4.78, 5) is 14.1. The lowest BCUT2D eigenvalue weighted by Gasteiger charge is -1.93. The first-order valence-corrected chi connectivity index (χ1v) is 3.57. The Balaban J connectivity index is 2.85. The first-order valence-electron chi connectivity index (χ1n) is 2.69. The third-order valence-electron chi connectivity index (χ3n) is 0.955. The van der Waals surface area contributed by atoms with E-state index in [0.717, 1.165) is 11.3 Å². The molecule has 0 aliphatic heterocycles. The number of carbonyl (C=O) groups excluding carboxylic acids is 1. The summed E-state index contributed by atoms with van der Waals surface area (Å²) in [5, 5.41) is -0.123. The first kappa shape index (κ1) is 8.06. The maximum atomic E-state index is 11.6. The van der Waals surface area contributed by atoms with Crippen LogP contribution in [0.2, 0.25) is 0 Å². The topological polar surface area (TPSA) is 33.2 Å². The average molecular weight is 178 g/mol. The quantitative estimate of drug-likeness (QED) is 0.613. The lowest BCUT2D eigenvalue weighted by molar-refractivity contribution is -0.108. The van der Waals surface area contributed by atoms with E-state index in [9.17, 15) is 13.8 Å². The Bertz CT molecular complexity index is 273. The molecule has 6 heteroatoms. The van der Waals surface area contributed by atoms with Crippen LogP contribution in [-0.2, 0) is 0 Å². The van der Waals surface area contributed by atoms with E-state index in [4.69, 9.17) is 0 Å². The molecule has 1 amide bonds. The van der Waals surface area contributed by atoms with Gasteiger partial charge in [-0.1, -0.05) is 8.96 Å². The molecule has 0 aliphatic rings. The van der Waals surface area contributed by atoms with Crippen LogP contribution in [0, 0.1) is 6.92 Å². The Morgan fingerprint density at radius 2 is 2.36 bits per heavy atom. The van der Waals surface area contributed by atoms with Crippen LogP contribution in [-0.4, -0.2) is 16.2 Å². The van der Waals surface area contributed by atoms with Crippen LogP contribution in [0.25, 0.3) is 0 Å². The number of hydrogen-bond acceptors (Lipinski definition) is 3. The lowest BCUT2D eigenvalue weighted by Crippen LogP contribution is -2.12. The van der Waals surface area contributed by atoms with Crippen LogP contribution in [0.1, 0.15) is 15.5 Å². The van der Waals surface area contributed by atoms with E-state index in [2.05, 4.69) is 4.98 Å². The molecule has 1 aromatic rings. The molecule has 1 aromatic heterocycles. The van der Waals surface area contributed by atoms with Crippen molar-refractivity contribution < 1.29 is 13.8 Å². The zero-order valence-electron chi connectivity index (χ0n) is 5.54. The third-order valence-corrected chi connectivity index (χ3v) is 1.90. The Kier molecular flexibility index (Phi) is 2.13. The summed E-state index contributed by atoms with van der Waals surface area (Å²) in [6, 6.07) is 0. The molecule has 11 heavy (non-hydrogen) atoms. The van der Waals surface area contributed by atoms with E-state index in [1.165, 1.54) is 5.38 Å². The predicted octanol–water partition coefficient (Wildman–Crippen LogP) is 1.66. The fraction of sp³-hybridized carbons (Fsp3) is 0.200. The highest BCUT2D eigenvalue weighted by Gasteiger charge is 2.17. The van der Waals surface area contributed by atoms with E-state index in [1.807, 2.05) is 0 Å². The minimum atomic E-state index is -1.47. The SMILES string of the molecule is Cc1csc(C(=O)N(F)F)n1. The molecule has 0 saturated heterocycles. The zero-order chi connectivity index (χ0) is 8.43. The maximum Gasteiger partial charge on any atom is 0.342 e. The summed E-state index contributed by atoms with van der Waals surface area (Å²) in [6.45, 7) is 1.63. The number of rotatable bonds is 1. The number of aryl methyl sites for hydroxylation is 1. The summed E-state index contributed by atoms with van der Waals surface area (Å²) >= 11 is 0.904. The predicted molar refractivity (Wildman–Crippen MR) is 35.2 cm³/mol. The van der Waals surface area contributed by atoms with Crippen molar-refractivity contribution in [3.05, 3.63) is 16.1 Å². The Morgan fingerprint density at radius 3 is 2.73 bits per heavy atom. The average Bonchev–Trinajstić information content (AvgIpc) is 2.34. The van der Waals surface area contributed by atoms with Crippen molar-refractivity contribution in [3.63, 3.8) is 0 Å². The van der Waals surface area contributed by atoms with Crippen LogP contribution < -0.4 is 0 Å². The second-order valence-corrected chi connectivity index (χ2v) is 2.69. The van der Waals surface area contributed by atoms with E-state index in [0.29, 0.717) is 5.69 Å². The summed E-state index contributed by atoms with van der Waals surface area (Å²) in [7, 11) is 0. The number of hydrogen-bond donors (Lipinski definition) is 0. The van der Waals surface area contributed by atoms with E-state index < -0.39 is 11.3 Å². The van der Waals surface area contributed by atoms with Gasteiger partial charge < -0.3 is 0 Å². The molecule has 1 heterocycles. The van der Waals surface area contributed by atoms with Gasteiger partial charge in [-0.2, -0.15) is 0 Å². The fourth-order valence-electron chi connectivity index (χ4n) is 0.525. The number of amides is 1. The Hall–Kier alpha value is -1.04. The minimum absolute atomic E-state index is 0.187. The van der Waals surface area contributed by atoms with Gasteiger partial charge in [0.15, 0.2) is 5.01 Å². The number of nitrogens with zero attached hydrogens (tertiary/aromatic N) is 2. The van der Waals surface area contributed by atoms with Crippen LogP contribution >= 0.6 is 11.3 Å². The molecule has 1 rings (SSSR count). The number of thiazole rings is 1. The Morgan fingerprint density at radius 1 is 1.73 bits per heavy atom. The molecule has 0 radical (unpaired) electrons.